The average molecular weight is 186 g/mol. The smallest absolute Gasteiger partial charge is 0.226 e. The summed E-state index contributed by atoms with van der Waals surface area (Å²) in [6.45, 7) is 0. The summed E-state index contributed by atoms with van der Waals surface area (Å²) < 4.78 is 4.55. The van der Waals surface area contributed by atoms with Crippen molar-refractivity contribution in [3.8, 4) is 0 Å². The second-order valence-electron chi connectivity index (χ2n) is 2.18. The van der Waals surface area contributed by atoms with Crippen LogP contribution in [0.15, 0.2) is 16.9 Å². The fraction of sp³-hybridized carbons (Fsp3) is 0.429. The molecule has 1 N–H and O–H groups in total. The van der Waals surface area contributed by atoms with Gasteiger partial charge in [-0.1, -0.05) is 5.16 Å². The van der Waals surface area contributed by atoms with Crippen LogP contribution in [0.2, 0.25) is 0 Å². The van der Waals surface area contributed by atoms with Gasteiger partial charge in [0.25, 0.3) is 0 Å². The summed E-state index contributed by atoms with van der Waals surface area (Å²) in [5, 5.41) is 6.15. The topological polar surface area (TPSA) is 55.1 Å². The lowest BCUT2D eigenvalue weighted by Crippen LogP contribution is -2.12. The van der Waals surface area contributed by atoms with Gasteiger partial charge in [-0.15, -0.1) is 0 Å². The highest BCUT2D eigenvalue weighted by molar-refractivity contribution is 7.98. The minimum atomic E-state index is -0.0294. The number of nitrogens with zero attached hydrogens (tertiary/aromatic N) is 1. The summed E-state index contributed by atoms with van der Waals surface area (Å²) in [5.41, 5.74) is 0. The molecule has 0 saturated carbocycles. The summed E-state index contributed by atoms with van der Waals surface area (Å²) >= 11 is 1.64. The molecule has 0 aliphatic carbocycles. The van der Waals surface area contributed by atoms with Crippen molar-refractivity contribution in [2.75, 3.05) is 17.3 Å². The molecule has 0 bridgehead atoms. The molecule has 1 aromatic rings. The summed E-state index contributed by atoms with van der Waals surface area (Å²) in [6, 6.07) is 1.61. The number of carbonyl (C=O) groups is 1. The highest BCUT2D eigenvalue weighted by atomic mass is 32.2. The standard InChI is InChI=1S/C7H10N2O2S/c1-12-5-3-7(10)8-6-2-4-11-9-6/h2,4H,3,5H2,1H3,(H,8,9,10). The zero-order valence-electron chi connectivity index (χ0n) is 6.74. The molecule has 66 valence electrons. The van der Waals surface area contributed by atoms with Gasteiger partial charge in [-0.3, -0.25) is 4.79 Å². The molecule has 1 amide bonds. The molecular weight excluding hydrogens is 176 g/mol. The zero-order chi connectivity index (χ0) is 8.81. The predicted molar refractivity (Wildman–Crippen MR) is 48.1 cm³/mol. The summed E-state index contributed by atoms with van der Waals surface area (Å²) in [6.07, 6.45) is 3.89. The highest BCUT2D eigenvalue weighted by Gasteiger charge is 2.02. The quantitative estimate of drug-likeness (QED) is 0.771. The van der Waals surface area contributed by atoms with Crippen molar-refractivity contribution in [2.45, 2.75) is 6.42 Å². The first-order valence-electron chi connectivity index (χ1n) is 3.52. The maximum atomic E-state index is 11.1. The Bertz CT molecular complexity index is 236. The van der Waals surface area contributed by atoms with E-state index in [1.807, 2.05) is 6.26 Å². The second-order valence-corrected chi connectivity index (χ2v) is 3.16. The van der Waals surface area contributed by atoms with Crippen molar-refractivity contribution in [3.63, 3.8) is 0 Å². The van der Waals surface area contributed by atoms with Crippen molar-refractivity contribution >= 4 is 23.5 Å². The van der Waals surface area contributed by atoms with Gasteiger partial charge in [-0.25, -0.2) is 0 Å². The van der Waals surface area contributed by atoms with Crippen LogP contribution in [0.4, 0.5) is 5.82 Å². The molecule has 12 heavy (non-hydrogen) atoms. The first kappa shape index (κ1) is 9.12. The normalized spacial score (nSPS) is 9.75. The lowest BCUT2D eigenvalue weighted by molar-refractivity contribution is -0.115. The highest BCUT2D eigenvalue weighted by Crippen LogP contribution is 2.03. The Morgan fingerprint density at radius 3 is 3.25 bits per heavy atom. The lowest BCUT2D eigenvalue weighted by atomic mass is 10.4. The van der Waals surface area contributed by atoms with Crippen molar-refractivity contribution in [2.24, 2.45) is 0 Å². The number of rotatable bonds is 4. The fourth-order valence-corrected chi connectivity index (χ4v) is 1.07. The number of thioether (sulfide) groups is 1. The maximum absolute atomic E-state index is 11.1. The van der Waals surface area contributed by atoms with Crippen molar-refractivity contribution in [1.29, 1.82) is 0 Å². The molecule has 0 aromatic carbocycles. The minimum absolute atomic E-state index is 0.0294. The largest absolute Gasteiger partial charge is 0.363 e. The number of hydrogen-bond donors (Lipinski definition) is 1. The molecule has 1 rings (SSSR count). The molecule has 1 aromatic heterocycles. The number of nitrogens with one attached hydrogen (secondary N) is 1. The third-order valence-corrected chi connectivity index (χ3v) is 1.85. The third-order valence-electron chi connectivity index (χ3n) is 1.24. The van der Waals surface area contributed by atoms with E-state index in [1.54, 1.807) is 17.8 Å². The van der Waals surface area contributed by atoms with E-state index >= 15 is 0 Å². The zero-order valence-corrected chi connectivity index (χ0v) is 7.56. The molecule has 4 nitrogen and oxygen atoms in total. The molecule has 0 spiro atoms. The van der Waals surface area contributed by atoms with E-state index in [4.69, 9.17) is 0 Å². The Kier molecular flexibility index (Phi) is 3.66. The molecule has 0 aliphatic heterocycles. The minimum Gasteiger partial charge on any atom is -0.363 e. The van der Waals surface area contributed by atoms with E-state index in [0.29, 0.717) is 12.2 Å². The van der Waals surface area contributed by atoms with Crippen LogP contribution >= 0.6 is 11.8 Å². The molecule has 5 heteroatoms. The first-order valence-corrected chi connectivity index (χ1v) is 4.91. The average Bonchev–Trinajstić information content (AvgIpc) is 2.53. The van der Waals surface area contributed by atoms with Crippen LogP contribution in [-0.2, 0) is 4.79 Å². The van der Waals surface area contributed by atoms with Crippen molar-refractivity contribution in [3.05, 3.63) is 12.3 Å². The van der Waals surface area contributed by atoms with Gasteiger partial charge in [-0.2, -0.15) is 11.8 Å². The first-order chi connectivity index (χ1) is 5.83. The van der Waals surface area contributed by atoms with Gasteiger partial charge >= 0.3 is 0 Å². The van der Waals surface area contributed by atoms with Gasteiger partial charge in [0.15, 0.2) is 5.82 Å². The molecule has 0 fully saturated rings. The number of anilines is 1. The third kappa shape index (κ3) is 2.96. The van der Waals surface area contributed by atoms with E-state index in [1.165, 1.54) is 6.26 Å². The van der Waals surface area contributed by atoms with Crippen LogP contribution in [0.3, 0.4) is 0 Å². The Morgan fingerprint density at radius 2 is 2.67 bits per heavy atom. The van der Waals surface area contributed by atoms with Crippen LogP contribution in [0, 0.1) is 0 Å². The van der Waals surface area contributed by atoms with E-state index in [-0.39, 0.29) is 5.91 Å². The summed E-state index contributed by atoms with van der Waals surface area (Å²) in [4.78, 5) is 11.1. The van der Waals surface area contributed by atoms with Gasteiger partial charge in [-0.05, 0) is 6.26 Å². The van der Waals surface area contributed by atoms with Gasteiger partial charge < -0.3 is 9.84 Å². The Balaban J connectivity index is 2.27. The number of hydrogen-bond acceptors (Lipinski definition) is 4. The van der Waals surface area contributed by atoms with Crippen LogP contribution in [-0.4, -0.2) is 23.1 Å². The summed E-state index contributed by atoms with van der Waals surface area (Å²) in [5.74, 6) is 1.27. The van der Waals surface area contributed by atoms with Crippen LogP contribution in [0.1, 0.15) is 6.42 Å². The van der Waals surface area contributed by atoms with E-state index in [9.17, 15) is 4.79 Å². The lowest BCUT2D eigenvalue weighted by Gasteiger charge is -1.98. The van der Waals surface area contributed by atoms with Gasteiger partial charge in [0, 0.05) is 18.2 Å². The van der Waals surface area contributed by atoms with Gasteiger partial charge in [0.1, 0.15) is 6.26 Å². The van der Waals surface area contributed by atoms with Crippen LogP contribution in [0.5, 0.6) is 0 Å². The van der Waals surface area contributed by atoms with Crippen molar-refractivity contribution in [1.82, 2.24) is 5.16 Å². The van der Waals surface area contributed by atoms with Crippen LogP contribution in [0.25, 0.3) is 0 Å². The molecule has 0 saturated heterocycles. The molecule has 0 unspecified atom stereocenters. The molecule has 0 radical (unpaired) electrons. The maximum Gasteiger partial charge on any atom is 0.226 e. The SMILES string of the molecule is CSCCC(=O)Nc1ccon1. The number of amides is 1. The summed E-state index contributed by atoms with van der Waals surface area (Å²) in [7, 11) is 0. The Labute approximate surface area is 74.7 Å². The van der Waals surface area contributed by atoms with Gasteiger partial charge in [0.05, 0.1) is 0 Å². The monoisotopic (exact) mass is 186 g/mol. The molecule has 1 heterocycles. The molecule has 0 aliphatic rings. The van der Waals surface area contributed by atoms with Crippen molar-refractivity contribution < 1.29 is 9.32 Å². The van der Waals surface area contributed by atoms with Gasteiger partial charge in [0.2, 0.25) is 5.91 Å². The fourth-order valence-electron chi connectivity index (χ4n) is 0.677. The van der Waals surface area contributed by atoms with Crippen LogP contribution < -0.4 is 5.32 Å². The number of carbonyl (C=O) groups excluding carboxylic acids is 1. The Hall–Kier alpha value is -0.970. The Morgan fingerprint density at radius 1 is 1.83 bits per heavy atom. The van der Waals surface area contributed by atoms with E-state index < -0.39 is 0 Å². The number of aromatic nitrogens is 1. The predicted octanol–water partition coefficient (Wildman–Crippen LogP) is 1.37. The second kappa shape index (κ2) is 4.82. The van der Waals surface area contributed by atoms with E-state index in [2.05, 4.69) is 15.0 Å². The molecular formula is C7H10N2O2S. The van der Waals surface area contributed by atoms with E-state index in [0.717, 1.165) is 5.75 Å². The molecule has 0 atom stereocenters.